The van der Waals surface area contributed by atoms with Crippen LogP contribution in [0, 0.1) is 5.92 Å². The molecule has 1 atom stereocenters. The van der Waals surface area contributed by atoms with Gasteiger partial charge in [-0.1, -0.05) is 32.0 Å². The molecule has 6 heteroatoms. The molecule has 0 bridgehead atoms. The number of hydrogen-bond acceptors (Lipinski definition) is 4. The third kappa shape index (κ3) is 6.24. The molecule has 0 aromatic heterocycles. The Morgan fingerprint density at radius 2 is 1.63 bits per heavy atom. The highest BCUT2D eigenvalue weighted by Crippen LogP contribution is 2.22. The second kappa shape index (κ2) is 10.7. The lowest BCUT2D eigenvalue weighted by molar-refractivity contribution is -0.128. The Bertz CT molecular complexity index is 815. The average Bonchev–Trinajstić information content (AvgIpc) is 2.77. The van der Waals surface area contributed by atoms with Gasteiger partial charge in [-0.05, 0) is 61.6 Å². The van der Waals surface area contributed by atoms with Crippen molar-refractivity contribution in [2.45, 2.75) is 39.2 Å². The van der Waals surface area contributed by atoms with Crippen LogP contribution in [0.5, 0.6) is 5.75 Å². The van der Waals surface area contributed by atoms with E-state index in [1.807, 2.05) is 56.3 Å². The summed E-state index contributed by atoms with van der Waals surface area (Å²) in [6.45, 7) is 5.84. The summed E-state index contributed by atoms with van der Waals surface area (Å²) < 4.78 is 5.47. The number of ether oxygens (including phenoxy) is 1. The van der Waals surface area contributed by atoms with Gasteiger partial charge in [-0.25, -0.2) is 0 Å². The number of carbonyl (C=O) groups excluding carboxylic acids is 2. The van der Waals surface area contributed by atoms with Crippen LogP contribution in [-0.4, -0.2) is 37.6 Å². The van der Waals surface area contributed by atoms with Crippen LogP contribution in [0.25, 0.3) is 0 Å². The van der Waals surface area contributed by atoms with Gasteiger partial charge >= 0.3 is 0 Å². The van der Waals surface area contributed by atoms with Crippen molar-refractivity contribution in [3.63, 3.8) is 0 Å². The van der Waals surface area contributed by atoms with E-state index in [1.165, 1.54) is 24.9 Å². The molecule has 0 saturated carbocycles. The van der Waals surface area contributed by atoms with E-state index < -0.39 is 6.04 Å². The molecule has 1 fully saturated rings. The number of anilines is 2. The minimum absolute atomic E-state index is 0.0571. The Kier molecular flexibility index (Phi) is 7.71. The number of benzene rings is 2. The van der Waals surface area contributed by atoms with Crippen molar-refractivity contribution in [2.75, 3.05) is 29.9 Å². The normalized spacial score (nSPS) is 14.8. The van der Waals surface area contributed by atoms with Gasteiger partial charge < -0.3 is 20.3 Å². The van der Waals surface area contributed by atoms with E-state index >= 15 is 0 Å². The van der Waals surface area contributed by atoms with Gasteiger partial charge in [0.05, 0.1) is 0 Å². The van der Waals surface area contributed by atoms with Crippen molar-refractivity contribution in [3.8, 4) is 5.75 Å². The number of hydrogen-bond donors (Lipinski definition) is 2. The predicted octanol–water partition coefficient (Wildman–Crippen LogP) is 3.84. The van der Waals surface area contributed by atoms with E-state index in [0.29, 0.717) is 5.75 Å². The molecule has 0 aliphatic carbocycles. The lowest BCUT2D eigenvalue weighted by Crippen LogP contribution is -2.48. The van der Waals surface area contributed by atoms with Crippen molar-refractivity contribution in [2.24, 2.45) is 5.92 Å². The van der Waals surface area contributed by atoms with E-state index in [1.54, 1.807) is 12.1 Å². The van der Waals surface area contributed by atoms with Crippen molar-refractivity contribution < 1.29 is 14.3 Å². The molecule has 1 aliphatic rings. The monoisotopic (exact) mass is 409 g/mol. The third-order valence-corrected chi connectivity index (χ3v) is 5.23. The first-order valence-electron chi connectivity index (χ1n) is 10.7. The third-order valence-electron chi connectivity index (χ3n) is 5.23. The van der Waals surface area contributed by atoms with Crippen LogP contribution in [0.15, 0.2) is 54.6 Å². The molecule has 6 nitrogen and oxygen atoms in total. The van der Waals surface area contributed by atoms with E-state index in [0.717, 1.165) is 18.8 Å². The molecule has 30 heavy (non-hydrogen) atoms. The zero-order chi connectivity index (χ0) is 21.3. The highest BCUT2D eigenvalue weighted by Gasteiger charge is 2.24. The Hall–Kier alpha value is -3.02. The zero-order valence-electron chi connectivity index (χ0n) is 17.8. The lowest BCUT2D eigenvalue weighted by atomic mass is 10.0. The van der Waals surface area contributed by atoms with Gasteiger partial charge in [-0.15, -0.1) is 0 Å². The van der Waals surface area contributed by atoms with E-state index in [9.17, 15) is 9.59 Å². The number of amides is 2. The second-order valence-corrected chi connectivity index (χ2v) is 7.97. The smallest absolute Gasteiger partial charge is 0.258 e. The fourth-order valence-corrected chi connectivity index (χ4v) is 3.54. The van der Waals surface area contributed by atoms with Crippen LogP contribution in [0.2, 0.25) is 0 Å². The van der Waals surface area contributed by atoms with Gasteiger partial charge in [0.1, 0.15) is 11.8 Å². The van der Waals surface area contributed by atoms with Crippen LogP contribution in [-0.2, 0) is 9.59 Å². The number of carbonyl (C=O) groups is 2. The molecule has 0 radical (unpaired) electrons. The first kappa shape index (κ1) is 21.7. The van der Waals surface area contributed by atoms with Gasteiger partial charge in [0.25, 0.3) is 5.91 Å². The van der Waals surface area contributed by atoms with E-state index in [2.05, 4.69) is 15.5 Å². The summed E-state index contributed by atoms with van der Waals surface area (Å²) in [6.07, 6.45) is 3.74. The number of para-hydroxylation sites is 1. The fraction of sp³-hybridized carbons (Fsp3) is 0.417. The molecule has 2 N–H and O–H groups in total. The zero-order valence-corrected chi connectivity index (χ0v) is 17.8. The van der Waals surface area contributed by atoms with Gasteiger partial charge in [0.15, 0.2) is 6.61 Å². The summed E-state index contributed by atoms with van der Waals surface area (Å²) in [7, 11) is 0. The van der Waals surface area contributed by atoms with Gasteiger partial charge in [-0.3, -0.25) is 9.59 Å². The molecule has 2 aromatic carbocycles. The summed E-state index contributed by atoms with van der Waals surface area (Å²) in [5, 5.41) is 5.71. The lowest BCUT2D eigenvalue weighted by Gasteiger charge is -2.29. The molecule has 1 aliphatic heterocycles. The molecular formula is C24H31N3O3. The minimum Gasteiger partial charge on any atom is -0.484 e. The fourth-order valence-electron chi connectivity index (χ4n) is 3.54. The number of nitrogens with zero attached hydrogens (tertiary/aromatic N) is 1. The quantitative estimate of drug-likeness (QED) is 0.695. The Labute approximate surface area is 178 Å². The Morgan fingerprint density at radius 3 is 2.27 bits per heavy atom. The Balaban J connectivity index is 1.53. The topological polar surface area (TPSA) is 70.7 Å². The van der Waals surface area contributed by atoms with Crippen LogP contribution >= 0.6 is 0 Å². The average molecular weight is 410 g/mol. The van der Waals surface area contributed by atoms with Crippen LogP contribution in [0.1, 0.15) is 33.1 Å². The highest BCUT2D eigenvalue weighted by molar-refractivity contribution is 5.97. The number of piperidine rings is 1. The molecule has 1 saturated heterocycles. The summed E-state index contributed by atoms with van der Waals surface area (Å²) in [5.41, 5.74) is 1.90. The SMILES string of the molecule is CC(C)[C@H](NC(=O)COc1ccccc1)C(=O)Nc1ccc(N2CCCCC2)cc1. The van der Waals surface area contributed by atoms with Crippen molar-refractivity contribution in [3.05, 3.63) is 54.6 Å². The van der Waals surface area contributed by atoms with E-state index in [4.69, 9.17) is 4.74 Å². The van der Waals surface area contributed by atoms with Crippen LogP contribution in [0.3, 0.4) is 0 Å². The number of nitrogens with one attached hydrogen (secondary N) is 2. The van der Waals surface area contributed by atoms with Gasteiger partial charge in [0, 0.05) is 24.5 Å². The molecule has 1 heterocycles. The first-order chi connectivity index (χ1) is 14.5. The summed E-state index contributed by atoms with van der Waals surface area (Å²) in [4.78, 5) is 27.4. The minimum atomic E-state index is -0.640. The van der Waals surface area contributed by atoms with Crippen LogP contribution < -0.4 is 20.3 Å². The molecular weight excluding hydrogens is 378 g/mol. The molecule has 0 unspecified atom stereocenters. The van der Waals surface area contributed by atoms with E-state index in [-0.39, 0.29) is 24.3 Å². The number of rotatable bonds is 8. The maximum Gasteiger partial charge on any atom is 0.258 e. The molecule has 160 valence electrons. The maximum atomic E-state index is 12.8. The summed E-state index contributed by atoms with van der Waals surface area (Å²) in [6, 6.07) is 16.4. The summed E-state index contributed by atoms with van der Waals surface area (Å²) >= 11 is 0. The molecule has 2 aromatic rings. The maximum absolute atomic E-state index is 12.8. The second-order valence-electron chi connectivity index (χ2n) is 7.97. The van der Waals surface area contributed by atoms with Crippen molar-refractivity contribution in [1.82, 2.24) is 5.32 Å². The molecule has 0 spiro atoms. The predicted molar refractivity (Wildman–Crippen MR) is 120 cm³/mol. The Morgan fingerprint density at radius 1 is 0.967 bits per heavy atom. The van der Waals surface area contributed by atoms with Crippen LogP contribution in [0.4, 0.5) is 11.4 Å². The van der Waals surface area contributed by atoms with Gasteiger partial charge in [-0.2, -0.15) is 0 Å². The molecule has 3 rings (SSSR count). The highest BCUT2D eigenvalue weighted by atomic mass is 16.5. The first-order valence-corrected chi connectivity index (χ1v) is 10.7. The summed E-state index contributed by atoms with van der Waals surface area (Å²) in [5.74, 6) is 0.00206. The van der Waals surface area contributed by atoms with Gasteiger partial charge in [0.2, 0.25) is 5.91 Å². The standard InChI is InChI=1S/C24H31N3O3/c1-18(2)23(26-22(28)17-30-21-9-5-3-6-10-21)24(29)25-19-11-13-20(14-12-19)27-15-7-4-8-16-27/h3,5-6,9-14,18,23H,4,7-8,15-17H2,1-2H3,(H,25,29)(H,26,28)/t23-/m0/s1. The van der Waals surface area contributed by atoms with Crippen molar-refractivity contribution >= 4 is 23.2 Å². The largest absolute Gasteiger partial charge is 0.484 e. The molecule has 2 amide bonds. The van der Waals surface area contributed by atoms with Crippen molar-refractivity contribution in [1.29, 1.82) is 0 Å².